The number of aryl methyl sites for hydroxylation is 2. The smallest absolute Gasteiger partial charge is 0.357 e. The van der Waals surface area contributed by atoms with Crippen molar-refractivity contribution in [3.05, 3.63) is 89.2 Å². The van der Waals surface area contributed by atoms with E-state index in [1.54, 1.807) is 12.3 Å². The van der Waals surface area contributed by atoms with Gasteiger partial charge in [-0.25, -0.2) is 9.78 Å². The van der Waals surface area contributed by atoms with Gasteiger partial charge in [0.1, 0.15) is 11.8 Å². The Kier molecular flexibility index (Phi) is 8.40. The third-order valence-electron chi connectivity index (χ3n) is 5.70. The summed E-state index contributed by atoms with van der Waals surface area (Å²) in [6.07, 6.45) is 7.83. The normalized spacial score (nSPS) is 11.8. The number of pyridine rings is 1. The van der Waals surface area contributed by atoms with Crippen LogP contribution in [-0.2, 0) is 17.6 Å². The summed E-state index contributed by atoms with van der Waals surface area (Å²) in [7, 11) is 0. The molecule has 0 saturated carbocycles. The number of hydrogen-bond donors (Lipinski definition) is 0. The first-order chi connectivity index (χ1) is 15.1. The predicted octanol–water partition coefficient (Wildman–Crippen LogP) is 7.35. The first-order valence-electron chi connectivity index (χ1n) is 11.5. The van der Waals surface area contributed by atoms with E-state index in [0.29, 0.717) is 12.1 Å². The van der Waals surface area contributed by atoms with Gasteiger partial charge in [-0.2, -0.15) is 0 Å². The van der Waals surface area contributed by atoms with Gasteiger partial charge in [-0.3, -0.25) is 0 Å². The van der Waals surface area contributed by atoms with Gasteiger partial charge in [0.2, 0.25) is 0 Å². The molecule has 0 saturated heterocycles. The average molecular weight is 416 g/mol. The Bertz CT molecular complexity index is 944. The van der Waals surface area contributed by atoms with E-state index >= 15 is 0 Å². The van der Waals surface area contributed by atoms with Crippen LogP contribution in [0.4, 0.5) is 0 Å². The molecule has 0 amide bonds. The van der Waals surface area contributed by atoms with Crippen LogP contribution < -0.4 is 0 Å². The molecule has 0 radical (unpaired) electrons. The van der Waals surface area contributed by atoms with Gasteiger partial charge in [-0.1, -0.05) is 88.2 Å². The van der Waals surface area contributed by atoms with Crippen molar-refractivity contribution in [3.63, 3.8) is 0 Å². The van der Waals surface area contributed by atoms with Crippen LogP contribution in [-0.4, -0.2) is 11.0 Å². The molecule has 0 aliphatic rings. The topological polar surface area (TPSA) is 39.2 Å². The number of carbonyl (C=O) groups is 1. The molecule has 3 aromatic rings. The first-order valence-corrected chi connectivity index (χ1v) is 11.5. The molecule has 0 aliphatic heterocycles. The number of aromatic nitrogens is 1. The number of unbranched alkanes of at least 4 members (excludes halogenated alkanes) is 2. The minimum absolute atomic E-state index is 0.282. The number of ether oxygens (including phenoxy) is 1. The lowest BCUT2D eigenvalue weighted by Gasteiger charge is -2.17. The lowest BCUT2D eigenvalue weighted by molar-refractivity contribution is 0.0281. The molecule has 3 nitrogen and oxygen atoms in total. The van der Waals surface area contributed by atoms with E-state index in [4.69, 9.17) is 4.74 Å². The maximum Gasteiger partial charge on any atom is 0.357 e. The van der Waals surface area contributed by atoms with Crippen molar-refractivity contribution in [2.24, 2.45) is 0 Å². The van der Waals surface area contributed by atoms with Crippen LogP contribution in [0.25, 0.3) is 11.1 Å². The lowest BCUT2D eigenvalue weighted by atomic mass is 9.99. The van der Waals surface area contributed by atoms with Crippen LogP contribution in [0.3, 0.4) is 0 Å². The van der Waals surface area contributed by atoms with Crippen LogP contribution in [0.5, 0.6) is 0 Å². The summed E-state index contributed by atoms with van der Waals surface area (Å²) >= 11 is 0. The van der Waals surface area contributed by atoms with Crippen molar-refractivity contribution >= 4 is 5.97 Å². The maximum absolute atomic E-state index is 12.6. The highest BCUT2D eigenvalue weighted by Crippen LogP contribution is 2.26. The van der Waals surface area contributed by atoms with E-state index in [2.05, 4.69) is 67.4 Å². The highest BCUT2D eigenvalue weighted by atomic mass is 16.5. The minimum atomic E-state index is -0.369. The predicted molar refractivity (Wildman–Crippen MR) is 127 cm³/mol. The average Bonchev–Trinajstić information content (AvgIpc) is 2.83. The Morgan fingerprint density at radius 1 is 0.839 bits per heavy atom. The molecular weight excluding hydrogens is 382 g/mol. The second-order valence-electron chi connectivity index (χ2n) is 7.98. The molecule has 0 aliphatic carbocycles. The zero-order valence-electron chi connectivity index (χ0n) is 18.9. The number of hydrogen-bond acceptors (Lipinski definition) is 3. The molecule has 0 N–H and O–H groups in total. The Labute approximate surface area is 186 Å². The second-order valence-corrected chi connectivity index (χ2v) is 7.98. The van der Waals surface area contributed by atoms with Crippen LogP contribution in [0.2, 0.25) is 0 Å². The minimum Gasteiger partial charge on any atom is -0.453 e. The SMILES string of the molecule is CCCCCc1ccc(C(=O)OC(CC)c2ccc(-c3ccc(CC)cc3)cc2)nc1. The van der Waals surface area contributed by atoms with E-state index in [1.807, 2.05) is 13.0 Å². The fraction of sp³-hybridized carbons (Fsp3) is 0.357. The lowest BCUT2D eigenvalue weighted by Crippen LogP contribution is -2.12. The van der Waals surface area contributed by atoms with Gasteiger partial charge < -0.3 is 4.74 Å². The standard InChI is InChI=1S/C28H33NO2/c1-4-7-8-9-22-12-19-26(29-20-22)28(30)31-27(6-3)25-17-15-24(16-18-25)23-13-10-21(5-2)11-14-23/h10-20,27H,4-9H2,1-3H3. The van der Waals surface area contributed by atoms with Crippen molar-refractivity contribution in [1.29, 1.82) is 0 Å². The van der Waals surface area contributed by atoms with Crippen LogP contribution >= 0.6 is 0 Å². The van der Waals surface area contributed by atoms with E-state index in [-0.39, 0.29) is 12.1 Å². The van der Waals surface area contributed by atoms with E-state index in [0.717, 1.165) is 30.4 Å². The fourth-order valence-corrected chi connectivity index (χ4v) is 3.67. The van der Waals surface area contributed by atoms with Crippen LogP contribution in [0.15, 0.2) is 66.9 Å². The van der Waals surface area contributed by atoms with Gasteiger partial charge in [0.15, 0.2) is 0 Å². The monoisotopic (exact) mass is 415 g/mol. The summed E-state index contributed by atoms with van der Waals surface area (Å²) in [5.41, 5.74) is 6.22. The molecule has 1 heterocycles. The van der Waals surface area contributed by atoms with Gasteiger partial charge >= 0.3 is 5.97 Å². The summed E-state index contributed by atoms with van der Waals surface area (Å²) in [4.78, 5) is 17.0. The zero-order valence-corrected chi connectivity index (χ0v) is 18.9. The Balaban J connectivity index is 1.64. The first kappa shape index (κ1) is 22.7. The van der Waals surface area contributed by atoms with Gasteiger partial charge in [-0.05, 0) is 59.6 Å². The molecule has 31 heavy (non-hydrogen) atoms. The van der Waals surface area contributed by atoms with Crippen molar-refractivity contribution < 1.29 is 9.53 Å². The Morgan fingerprint density at radius 3 is 2.03 bits per heavy atom. The van der Waals surface area contributed by atoms with Crippen molar-refractivity contribution in [3.8, 4) is 11.1 Å². The highest BCUT2D eigenvalue weighted by Gasteiger charge is 2.17. The number of esters is 1. The summed E-state index contributed by atoms with van der Waals surface area (Å²) in [5.74, 6) is -0.369. The third-order valence-corrected chi connectivity index (χ3v) is 5.70. The fourth-order valence-electron chi connectivity index (χ4n) is 3.67. The molecule has 1 atom stereocenters. The Hall–Kier alpha value is -2.94. The van der Waals surface area contributed by atoms with E-state index < -0.39 is 0 Å². The summed E-state index contributed by atoms with van der Waals surface area (Å²) in [6, 6.07) is 20.7. The van der Waals surface area contributed by atoms with Crippen molar-refractivity contribution in [2.75, 3.05) is 0 Å². The van der Waals surface area contributed by atoms with E-state index in [1.165, 1.54) is 29.5 Å². The van der Waals surface area contributed by atoms with Crippen LogP contribution in [0, 0.1) is 0 Å². The molecule has 0 spiro atoms. The molecule has 1 unspecified atom stereocenters. The summed E-state index contributed by atoms with van der Waals surface area (Å²) in [6.45, 7) is 6.38. The molecule has 1 aromatic heterocycles. The van der Waals surface area contributed by atoms with Gasteiger partial charge in [0.05, 0.1) is 0 Å². The zero-order chi connectivity index (χ0) is 22.1. The summed E-state index contributed by atoms with van der Waals surface area (Å²) < 4.78 is 5.78. The van der Waals surface area contributed by atoms with Gasteiger partial charge in [-0.15, -0.1) is 0 Å². The van der Waals surface area contributed by atoms with Gasteiger partial charge in [0.25, 0.3) is 0 Å². The number of rotatable bonds is 10. The van der Waals surface area contributed by atoms with E-state index in [9.17, 15) is 4.79 Å². The molecule has 2 aromatic carbocycles. The molecule has 162 valence electrons. The molecule has 0 bridgehead atoms. The second kappa shape index (κ2) is 11.5. The van der Waals surface area contributed by atoms with Crippen LogP contribution in [0.1, 0.15) is 79.7 Å². The quantitative estimate of drug-likeness (QED) is 0.257. The number of nitrogens with zero attached hydrogens (tertiary/aromatic N) is 1. The molecule has 0 fully saturated rings. The third kappa shape index (κ3) is 6.27. The summed E-state index contributed by atoms with van der Waals surface area (Å²) in [5, 5.41) is 0. The molecule has 3 rings (SSSR count). The van der Waals surface area contributed by atoms with Crippen molar-refractivity contribution in [1.82, 2.24) is 4.98 Å². The number of carbonyl (C=O) groups excluding carboxylic acids is 1. The number of benzene rings is 2. The molecular formula is C28H33NO2. The Morgan fingerprint density at radius 2 is 1.48 bits per heavy atom. The highest BCUT2D eigenvalue weighted by molar-refractivity contribution is 5.87. The maximum atomic E-state index is 12.6. The van der Waals surface area contributed by atoms with Gasteiger partial charge in [0, 0.05) is 6.20 Å². The molecule has 3 heteroatoms. The van der Waals surface area contributed by atoms with Crippen molar-refractivity contribution in [2.45, 2.75) is 65.4 Å². The largest absolute Gasteiger partial charge is 0.453 e.